The Morgan fingerprint density at radius 1 is 1.61 bits per heavy atom. The van der Waals surface area contributed by atoms with E-state index in [-0.39, 0.29) is 23.4 Å². The average Bonchev–Trinajstić information content (AvgIpc) is 2.40. The molecule has 2 rings (SSSR count). The van der Waals surface area contributed by atoms with Crippen LogP contribution in [0.3, 0.4) is 0 Å². The topological polar surface area (TPSA) is 48.4 Å². The van der Waals surface area contributed by atoms with E-state index >= 15 is 0 Å². The quantitative estimate of drug-likeness (QED) is 0.627. The summed E-state index contributed by atoms with van der Waals surface area (Å²) in [5.74, 6) is -1.30. The molecule has 0 saturated carbocycles. The number of nitrogens with zero attached hydrogens (tertiary/aromatic N) is 1. The molecule has 1 aliphatic rings. The highest BCUT2D eigenvalue weighted by Crippen LogP contribution is 2.17. The highest BCUT2D eigenvalue weighted by Gasteiger charge is 2.19. The van der Waals surface area contributed by atoms with E-state index in [1.54, 1.807) is 0 Å². The lowest BCUT2D eigenvalue weighted by Gasteiger charge is -2.22. The van der Waals surface area contributed by atoms with E-state index in [1.165, 1.54) is 0 Å². The second kappa shape index (κ2) is 6.11. The molecule has 0 aromatic carbocycles. The molecule has 0 N–H and O–H groups in total. The summed E-state index contributed by atoms with van der Waals surface area (Å²) in [5, 5.41) is -0.0639. The van der Waals surface area contributed by atoms with Gasteiger partial charge in [-0.3, -0.25) is 0 Å². The maximum atomic E-state index is 12.9. The van der Waals surface area contributed by atoms with Gasteiger partial charge in [0.25, 0.3) is 0 Å². The Morgan fingerprint density at radius 3 is 3.17 bits per heavy atom. The Balaban J connectivity index is 1.92. The molecule has 1 atom stereocenters. The van der Waals surface area contributed by atoms with E-state index in [0.29, 0.717) is 6.61 Å². The van der Waals surface area contributed by atoms with Gasteiger partial charge in [-0.25, -0.2) is 14.2 Å². The Labute approximate surface area is 109 Å². The minimum atomic E-state index is -0.679. The van der Waals surface area contributed by atoms with Crippen molar-refractivity contribution in [2.45, 2.75) is 25.4 Å². The Kier molecular flexibility index (Phi) is 4.49. The summed E-state index contributed by atoms with van der Waals surface area (Å²) in [5.41, 5.74) is -0.0625. The summed E-state index contributed by atoms with van der Waals surface area (Å²) < 4.78 is 23.4. The summed E-state index contributed by atoms with van der Waals surface area (Å²) in [6.07, 6.45) is 3.82. The molecular weight excluding hydrogens is 261 g/mol. The van der Waals surface area contributed by atoms with Crippen LogP contribution in [0.1, 0.15) is 29.6 Å². The zero-order valence-corrected chi connectivity index (χ0v) is 10.5. The van der Waals surface area contributed by atoms with Crippen molar-refractivity contribution in [3.63, 3.8) is 0 Å². The van der Waals surface area contributed by atoms with Gasteiger partial charge in [-0.05, 0) is 25.3 Å². The number of aromatic nitrogens is 1. The van der Waals surface area contributed by atoms with Gasteiger partial charge in [0.15, 0.2) is 0 Å². The third kappa shape index (κ3) is 3.40. The molecule has 0 bridgehead atoms. The molecule has 1 fully saturated rings. The fourth-order valence-corrected chi connectivity index (χ4v) is 1.93. The molecule has 18 heavy (non-hydrogen) atoms. The molecule has 1 aromatic heterocycles. The van der Waals surface area contributed by atoms with Crippen LogP contribution in [0.25, 0.3) is 0 Å². The molecule has 1 unspecified atom stereocenters. The van der Waals surface area contributed by atoms with E-state index < -0.39 is 11.8 Å². The zero-order chi connectivity index (χ0) is 13.0. The maximum Gasteiger partial charge on any atom is 0.341 e. The van der Waals surface area contributed by atoms with Gasteiger partial charge >= 0.3 is 5.97 Å². The smallest absolute Gasteiger partial charge is 0.341 e. The fourth-order valence-electron chi connectivity index (χ4n) is 1.75. The van der Waals surface area contributed by atoms with Gasteiger partial charge < -0.3 is 9.47 Å². The van der Waals surface area contributed by atoms with Gasteiger partial charge in [0.05, 0.1) is 17.9 Å². The average molecular weight is 274 g/mol. The van der Waals surface area contributed by atoms with Crippen molar-refractivity contribution in [1.29, 1.82) is 0 Å². The minimum absolute atomic E-state index is 0.0625. The molecule has 0 amide bonds. The number of halogens is 2. The number of carbonyl (C=O) groups excluding carboxylic acids is 1. The molecule has 4 nitrogen and oxygen atoms in total. The predicted octanol–water partition coefficient (Wildman–Crippen LogP) is 2.60. The Bertz CT molecular complexity index is 435. The van der Waals surface area contributed by atoms with Crippen molar-refractivity contribution < 1.29 is 18.7 Å². The van der Waals surface area contributed by atoms with Gasteiger partial charge in [-0.2, -0.15) is 0 Å². The highest BCUT2D eigenvalue weighted by atomic mass is 35.5. The van der Waals surface area contributed by atoms with E-state index in [2.05, 4.69) is 4.98 Å². The van der Waals surface area contributed by atoms with E-state index in [9.17, 15) is 9.18 Å². The van der Waals surface area contributed by atoms with Crippen LogP contribution in [-0.4, -0.2) is 30.3 Å². The predicted molar refractivity (Wildman–Crippen MR) is 63.1 cm³/mol. The second-order valence-electron chi connectivity index (χ2n) is 4.08. The number of ether oxygens (including phenoxy) is 2. The Hall–Kier alpha value is -1.20. The highest BCUT2D eigenvalue weighted by molar-refractivity contribution is 6.32. The first kappa shape index (κ1) is 13.2. The van der Waals surface area contributed by atoms with Crippen LogP contribution in [0.4, 0.5) is 4.39 Å². The lowest BCUT2D eigenvalue weighted by Crippen LogP contribution is -2.26. The molecule has 1 saturated heterocycles. The monoisotopic (exact) mass is 273 g/mol. The number of carbonyl (C=O) groups is 1. The number of pyridine rings is 1. The first-order valence-corrected chi connectivity index (χ1v) is 6.14. The number of esters is 1. The lowest BCUT2D eigenvalue weighted by molar-refractivity contribution is -0.0300. The zero-order valence-electron chi connectivity index (χ0n) is 9.70. The molecule has 0 spiro atoms. The summed E-state index contributed by atoms with van der Waals surface area (Å²) in [7, 11) is 0. The van der Waals surface area contributed by atoms with Gasteiger partial charge in [0, 0.05) is 6.61 Å². The van der Waals surface area contributed by atoms with E-state index in [1.807, 2.05) is 0 Å². The normalized spacial score (nSPS) is 19.6. The van der Waals surface area contributed by atoms with Crippen molar-refractivity contribution in [2.75, 3.05) is 13.2 Å². The van der Waals surface area contributed by atoms with Crippen LogP contribution >= 0.6 is 11.6 Å². The number of hydrogen-bond donors (Lipinski definition) is 0. The summed E-state index contributed by atoms with van der Waals surface area (Å²) in [4.78, 5) is 15.2. The third-order valence-corrected chi connectivity index (χ3v) is 3.00. The molecule has 98 valence electrons. The first-order valence-electron chi connectivity index (χ1n) is 5.76. The van der Waals surface area contributed by atoms with Gasteiger partial charge in [0.2, 0.25) is 0 Å². The number of hydrogen-bond acceptors (Lipinski definition) is 4. The lowest BCUT2D eigenvalue weighted by atomic mass is 10.1. The molecule has 6 heteroatoms. The molecule has 1 aliphatic heterocycles. The standard InChI is InChI=1S/C12H13ClFNO3/c13-11-10(5-8(14)6-15-11)12(16)18-7-9-3-1-2-4-17-9/h5-6,9H,1-4,7H2. The van der Waals surface area contributed by atoms with E-state index in [4.69, 9.17) is 21.1 Å². The summed E-state index contributed by atoms with van der Waals surface area (Å²) in [6.45, 7) is 0.843. The molecule has 1 aromatic rings. The number of rotatable bonds is 3. The van der Waals surface area contributed by atoms with Crippen LogP contribution in [0.15, 0.2) is 12.3 Å². The largest absolute Gasteiger partial charge is 0.459 e. The van der Waals surface area contributed by atoms with Crippen molar-refractivity contribution in [1.82, 2.24) is 4.98 Å². The van der Waals surface area contributed by atoms with Crippen LogP contribution in [-0.2, 0) is 9.47 Å². The van der Waals surface area contributed by atoms with Crippen LogP contribution < -0.4 is 0 Å². The Morgan fingerprint density at radius 2 is 2.44 bits per heavy atom. The fraction of sp³-hybridized carbons (Fsp3) is 0.500. The maximum absolute atomic E-state index is 12.9. The molecule has 2 heterocycles. The van der Waals surface area contributed by atoms with E-state index in [0.717, 1.165) is 31.5 Å². The molecule has 0 aliphatic carbocycles. The minimum Gasteiger partial charge on any atom is -0.459 e. The van der Waals surface area contributed by atoms with Crippen molar-refractivity contribution >= 4 is 17.6 Å². The van der Waals surface area contributed by atoms with Crippen LogP contribution in [0.2, 0.25) is 5.15 Å². The van der Waals surface area contributed by atoms with Crippen molar-refractivity contribution in [3.8, 4) is 0 Å². The van der Waals surface area contributed by atoms with Gasteiger partial charge in [-0.15, -0.1) is 0 Å². The third-order valence-electron chi connectivity index (χ3n) is 2.70. The van der Waals surface area contributed by atoms with Gasteiger partial charge in [0.1, 0.15) is 17.6 Å². The van der Waals surface area contributed by atoms with Gasteiger partial charge in [-0.1, -0.05) is 11.6 Å². The summed E-state index contributed by atoms with van der Waals surface area (Å²) in [6, 6.07) is 1.01. The van der Waals surface area contributed by atoms with Crippen molar-refractivity contribution in [3.05, 3.63) is 28.8 Å². The van der Waals surface area contributed by atoms with Crippen molar-refractivity contribution in [2.24, 2.45) is 0 Å². The molecular formula is C12H13ClFNO3. The molecule has 0 radical (unpaired) electrons. The second-order valence-corrected chi connectivity index (χ2v) is 4.44. The SMILES string of the molecule is O=C(OCC1CCCCO1)c1cc(F)cnc1Cl. The first-order chi connectivity index (χ1) is 8.66. The van der Waals surface area contributed by atoms with Crippen LogP contribution in [0.5, 0.6) is 0 Å². The van der Waals surface area contributed by atoms with Crippen LogP contribution in [0, 0.1) is 5.82 Å². The summed E-state index contributed by atoms with van der Waals surface area (Å²) >= 11 is 5.70.